The topological polar surface area (TPSA) is 75.6 Å². The van der Waals surface area contributed by atoms with Gasteiger partial charge in [-0.1, -0.05) is 65.7 Å². The highest BCUT2D eigenvalue weighted by Gasteiger charge is 2.25. The fraction of sp³-hybridized carbons (Fsp3) is 0.125. The van der Waals surface area contributed by atoms with Gasteiger partial charge < -0.3 is 15.2 Å². The summed E-state index contributed by atoms with van der Waals surface area (Å²) in [7, 11) is 0. The second-order valence-corrected chi connectivity index (χ2v) is 5.41. The molecule has 2 rings (SSSR count). The molecule has 0 bridgehead atoms. The summed E-state index contributed by atoms with van der Waals surface area (Å²) in [6.07, 6.45) is -0.864. The number of amides is 1. The molecule has 2 aromatic rings. The highest BCUT2D eigenvalue weighted by molar-refractivity contribution is 6.42. The Morgan fingerprint density at radius 1 is 1.09 bits per heavy atom. The molecule has 5 nitrogen and oxygen atoms in total. The number of carbonyl (C=O) groups is 2. The molecule has 0 saturated heterocycles. The third-order valence-electron chi connectivity index (χ3n) is 3.01. The van der Waals surface area contributed by atoms with Crippen molar-refractivity contribution in [3.8, 4) is 0 Å². The van der Waals surface area contributed by atoms with Gasteiger partial charge in [0.1, 0.15) is 6.61 Å². The van der Waals surface area contributed by atoms with E-state index in [1.807, 2.05) is 18.2 Å². The fourth-order valence-corrected chi connectivity index (χ4v) is 2.32. The number of carbonyl (C=O) groups excluding carboxylic acids is 1. The van der Waals surface area contributed by atoms with Crippen LogP contribution in [0.5, 0.6) is 0 Å². The maximum atomic E-state index is 11.8. The van der Waals surface area contributed by atoms with E-state index in [1.165, 1.54) is 12.1 Å². The van der Waals surface area contributed by atoms with Crippen molar-refractivity contribution in [1.82, 2.24) is 5.32 Å². The third kappa shape index (κ3) is 4.61. The summed E-state index contributed by atoms with van der Waals surface area (Å²) in [5.41, 5.74) is 0.971. The van der Waals surface area contributed by atoms with E-state index in [1.54, 1.807) is 18.2 Å². The monoisotopic (exact) mass is 353 g/mol. The molecule has 0 aliphatic carbocycles. The molecule has 1 unspecified atom stereocenters. The van der Waals surface area contributed by atoms with Crippen LogP contribution < -0.4 is 5.32 Å². The molecule has 0 radical (unpaired) electrons. The van der Waals surface area contributed by atoms with Gasteiger partial charge in [0, 0.05) is 5.56 Å². The molecule has 120 valence electrons. The summed E-state index contributed by atoms with van der Waals surface area (Å²) < 4.78 is 5.01. The van der Waals surface area contributed by atoms with Crippen molar-refractivity contribution in [2.75, 3.05) is 0 Å². The predicted octanol–water partition coefficient (Wildman–Crippen LogP) is 4.05. The molecule has 23 heavy (non-hydrogen) atoms. The van der Waals surface area contributed by atoms with E-state index in [-0.39, 0.29) is 22.2 Å². The minimum atomic E-state index is -1.36. The minimum absolute atomic E-state index is 0.0300. The van der Waals surface area contributed by atoms with Crippen LogP contribution in [0.15, 0.2) is 48.5 Å². The second-order valence-electron chi connectivity index (χ2n) is 4.62. The predicted molar refractivity (Wildman–Crippen MR) is 86.6 cm³/mol. The zero-order valence-electron chi connectivity index (χ0n) is 11.8. The number of rotatable bonds is 5. The van der Waals surface area contributed by atoms with Crippen LogP contribution in [0.3, 0.4) is 0 Å². The molecular formula is C16H13Cl2NO4. The fourth-order valence-electron chi connectivity index (χ4n) is 1.90. The first-order valence-corrected chi connectivity index (χ1v) is 7.38. The molecule has 0 spiro atoms. The Morgan fingerprint density at radius 3 is 2.43 bits per heavy atom. The summed E-state index contributed by atoms with van der Waals surface area (Å²) in [5.74, 6) is -1.27. The Bertz CT molecular complexity index is 706. The van der Waals surface area contributed by atoms with E-state index >= 15 is 0 Å². The normalized spacial score (nSPS) is 11.6. The number of halogens is 2. The van der Waals surface area contributed by atoms with Crippen LogP contribution >= 0.6 is 23.2 Å². The maximum Gasteiger partial charge on any atom is 0.408 e. The number of nitrogens with one attached hydrogen (secondary N) is 1. The van der Waals surface area contributed by atoms with Crippen molar-refractivity contribution in [2.24, 2.45) is 0 Å². The molecule has 0 aliphatic heterocycles. The summed E-state index contributed by atoms with van der Waals surface area (Å²) in [4.78, 5) is 23.2. The van der Waals surface area contributed by atoms with Crippen LogP contribution in [0, 0.1) is 0 Å². The zero-order chi connectivity index (χ0) is 16.8. The van der Waals surface area contributed by atoms with E-state index in [9.17, 15) is 14.7 Å². The first kappa shape index (κ1) is 17.1. The lowest BCUT2D eigenvalue weighted by Gasteiger charge is -2.16. The van der Waals surface area contributed by atoms with Crippen molar-refractivity contribution in [1.29, 1.82) is 0 Å². The summed E-state index contributed by atoms with van der Waals surface area (Å²) >= 11 is 11.9. The maximum absolute atomic E-state index is 11.8. The van der Waals surface area contributed by atoms with Gasteiger partial charge in [-0.2, -0.15) is 0 Å². The second kappa shape index (κ2) is 7.85. The van der Waals surface area contributed by atoms with Crippen LogP contribution in [0.4, 0.5) is 4.79 Å². The first-order chi connectivity index (χ1) is 11.0. The highest BCUT2D eigenvalue weighted by Crippen LogP contribution is 2.30. The Labute approximate surface area is 142 Å². The SMILES string of the molecule is O=C(NC(C(=O)O)c1cccc(Cl)c1Cl)OCc1ccccc1. The van der Waals surface area contributed by atoms with Crippen LogP contribution in [0.1, 0.15) is 17.2 Å². The summed E-state index contributed by atoms with van der Waals surface area (Å²) in [6.45, 7) is 0.0300. The number of hydrogen-bond acceptors (Lipinski definition) is 3. The van der Waals surface area contributed by atoms with Gasteiger partial charge >= 0.3 is 12.1 Å². The number of aliphatic carboxylic acids is 1. The number of carboxylic acids is 1. The zero-order valence-corrected chi connectivity index (χ0v) is 13.3. The van der Waals surface area contributed by atoms with E-state index in [0.29, 0.717) is 0 Å². The molecule has 0 heterocycles. The van der Waals surface area contributed by atoms with Gasteiger partial charge in [0.2, 0.25) is 0 Å². The average molecular weight is 354 g/mol. The molecule has 0 saturated carbocycles. The van der Waals surface area contributed by atoms with E-state index in [4.69, 9.17) is 27.9 Å². The van der Waals surface area contributed by atoms with Gasteiger partial charge in [-0.05, 0) is 11.6 Å². The Balaban J connectivity index is 2.06. The summed E-state index contributed by atoms with van der Waals surface area (Å²) in [5, 5.41) is 11.8. The standard InChI is InChI=1S/C16H13Cl2NO4/c17-12-8-4-7-11(13(12)18)14(15(20)21)19-16(22)23-9-10-5-2-1-3-6-10/h1-8,14H,9H2,(H,19,22)(H,20,21). The molecule has 2 aromatic carbocycles. The number of alkyl carbamates (subject to hydrolysis) is 1. The molecule has 0 aliphatic rings. The average Bonchev–Trinajstić information content (AvgIpc) is 2.54. The number of carboxylic acid groups (broad SMARTS) is 1. The minimum Gasteiger partial charge on any atom is -0.479 e. The highest BCUT2D eigenvalue weighted by atomic mass is 35.5. The quantitative estimate of drug-likeness (QED) is 0.850. The van der Waals surface area contributed by atoms with Crippen molar-refractivity contribution < 1.29 is 19.4 Å². The van der Waals surface area contributed by atoms with Crippen LogP contribution in [-0.2, 0) is 16.1 Å². The van der Waals surface area contributed by atoms with E-state index in [2.05, 4.69) is 5.32 Å². The largest absolute Gasteiger partial charge is 0.479 e. The molecule has 1 amide bonds. The van der Waals surface area contributed by atoms with Gasteiger partial charge in [-0.3, -0.25) is 0 Å². The van der Waals surface area contributed by atoms with E-state index in [0.717, 1.165) is 5.56 Å². The third-order valence-corrected chi connectivity index (χ3v) is 3.85. The lowest BCUT2D eigenvalue weighted by atomic mass is 10.1. The van der Waals surface area contributed by atoms with Crippen molar-refractivity contribution in [3.05, 3.63) is 69.7 Å². The van der Waals surface area contributed by atoms with Crippen LogP contribution in [0.2, 0.25) is 10.0 Å². The lowest BCUT2D eigenvalue weighted by molar-refractivity contribution is -0.139. The molecule has 2 N–H and O–H groups in total. The lowest BCUT2D eigenvalue weighted by Crippen LogP contribution is -2.34. The molecule has 0 aromatic heterocycles. The van der Waals surface area contributed by atoms with Gasteiger partial charge in [0.15, 0.2) is 6.04 Å². The Hall–Kier alpha value is -2.24. The molecule has 1 atom stereocenters. The Morgan fingerprint density at radius 2 is 1.78 bits per heavy atom. The van der Waals surface area contributed by atoms with E-state index < -0.39 is 18.1 Å². The van der Waals surface area contributed by atoms with Crippen LogP contribution in [0.25, 0.3) is 0 Å². The number of benzene rings is 2. The molecular weight excluding hydrogens is 341 g/mol. The first-order valence-electron chi connectivity index (χ1n) is 6.63. The summed E-state index contributed by atoms with van der Waals surface area (Å²) in [6, 6.07) is 12.2. The number of hydrogen-bond donors (Lipinski definition) is 2. The molecule has 7 heteroatoms. The van der Waals surface area contributed by atoms with Gasteiger partial charge in [-0.25, -0.2) is 9.59 Å². The molecule has 0 fully saturated rings. The number of ether oxygens (including phenoxy) is 1. The van der Waals surface area contributed by atoms with Crippen molar-refractivity contribution in [2.45, 2.75) is 12.6 Å². The van der Waals surface area contributed by atoms with Gasteiger partial charge in [0.25, 0.3) is 0 Å². The smallest absolute Gasteiger partial charge is 0.408 e. The van der Waals surface area contributed by atoms with Crippen LogP contribution in [-0.4, -0.2) is 17.2 Å². The van der Waals surface area contributed by atoms with Crippen molar-refractivity contribution in [3.63, 3.8) is 0 Å². The van der Waals surface area contributed by atoms with Gasteiger partial charge in [-0.15, -0.1) is 0 Å². The van der Waals surface area contributed by atoms with Crippen molar-refractivity contribution >= 4 is 35.3 Å². The Kier molecular flexibility index (Phi) is 5.84. The van der Waals surface area contributed by atoms with Gasteiger partial charge in [0.05, 0.1) is 10.0 Å².